The second-order valence-electron chi connectivity index (χ2n) is 8.23. The maximum atomic E-state index is 12.5. The second-order valence-corrected chi connectivity index (χ2v) is 9.15. The van der Waals surface area contributed by atoms with Crippen LogP contribution in [0.1, 0.15) is 24.1 Å². The molecule has 0 fully saturated rings. The van der Waals surface area contributed by atoms with Crippen LogP contribution in [0.3, 0.4) is 0 Å². The van der Waals surface area contributed by atoms with Crippen molar-refractivity contribution < 1.29 is 0 Å². The number of aryl methyl sites for hydroxylation is 1. The van der Waals surface area contributed by atoms with Crippen molar-refractivity contribution >= 4 is 38.5 Å². The van der Waals surface area contributed by atoms with Crippen LogP contribution in [-0.2, 0) is 19.9 Å². The van der Waals surface area contributed by atoms with Crippen molar-refractivity contribution in [2.75, 3.05) is 23.7 Å². The molecule has 0 spiro atoms. The van der Waals surface area contributed by atoms with Crippen LogP contribution in [0.25, 0.3) is 22.2 Å². The van der Waals surface area contributed by atoms with Gasteiger partial charge in [0.05, 0.1) is 11.2 Å². The molecule has 0 saturated heterocycles. The zero-order valence-corrected chi connectivity index (χ0v) is 20.0. The molecule has 0 saturated carbocycles. The maximum Gasteiger partial charge on any atom is 0.255 e. The summed E-state index contributed by atoms with van der Waals surface area (Å²) in [4.78, 5) is 26.1. The van der Waals surface area contributed by atoms with Gasteiger partial charge in [0.2, 0.25) is 5.95 Å². The minimum atomic E-state index is -0.105. The third kappa shape index (κ3) is 4.48. The first kappa shape index (κ1) is 21.6. The Labute approximate surface area is 200 Å². The third-order valence-electron chi connectivity index (χ3n) is 6.05. The molecule has 168 valence electrons. The fraction of sp³-hybridized carbons (Fsp3) is 0.280. The van der Waals surface area contributed by atoms with Crippen LogP contribution in [0, 0.1) is 0 Å². The van der Waals surface area contributed by atoms with Crippen LogP contribution in [0.5, 0.6) is 0 Å². The molecule has 0 unspecified atom stereocenters. The van der Waals surface area contributed by atoms with Gasteiger partial charge in [-0.05, 0) is 61.6 Å². The van der Waals surface area contributed by atoms with Crippen LogP contribution >= 0.6 is 15.9 Å². The molecule has 3 aromatic heterocycles. The second kappa shape index (κ2) is 9.31. The first-order valence-electron chi connectivity index (χ1n) is 11.2. The molecule has 7 nitrogen and oxygen atoms in total. The Hall–Kier alpha value is -3.26. The van der Waals surface area contributed by atoms with Crippen molar-refractivity contribution in [2.45, 2.75) is 25.7 Å². The Balaban J connectivity index is 1.36. The minimum absolute atomic E-state index is 0.105. The van der Waals surface area contributed by atoms with Crippen molar-refractivity contribution in [3.05, 3.63) is 74.9 Å². The van der Waals surface area contributed by atoms with Gasteiger partial charge in [-0.15, -0.1) is 0 Å². The molecule has 0 radical (unpaired) electrons. The Morgan fingerprint density at radius 1 is 1.00 bits per heavy atom. The van der Waals surface area contributed by atoms with Crippen molar-refractivity contribution in [1.29, 1.82) is 0 Å². The summed E-state index contributed by atoms with van der Waals surface area (Å²) in [5.74, 6) is 0.543. The zero-order chi connectivity index (χ0) is 22.8. The van der Waals surface area contributed by atoms with Gasteiger partial charge in [0.1, 0.15) is 0 Å². The fourth-order valence-corrected chi connectivity index (χ4v) is 4.68. The Morgan fingerprint density at radius 3 is 2.64 bits per heavy atom. The molecule has 8 heteroatoms. The average molecular weight is 505 g/mol. The van der Waals surface area contributed by atoms with E-state index in [2.05, 4.69) is 54.7 Å². The number of benzene rings is 1. The summed E-state index contributed by atoms with van der Waals surface area (Å²) in [7, 11) is 1.73. The van der Waals surface area contributed by atoms with Gasteiger partial charge in [0.15, 0.2) is 0 Å². The summed E-state index contributed by atoms with van der Waals surface area (Å²) in [6.07, 6.45) is 7.85. The van der Waals surface area contributed by atoms with E-state index in [9.17, 15) is 4.79 Å². The summed E-state index contributed by atoms with van der Waals surface area (Å²) in [5, 5.41) is 8.11. The summed E-state index contributed by atoms with van der Waals surface area (Å²) >= 11 is 3.57. The molecule has 1 aliphatic rings. The number of fused-ring (bicyclic) bond motifs is 2. The minimum Gasteiger partial charge on any atom is -0.382 e. The lowest BCUT2D eigenvalue weighted by atomic mass is 9.92. The molecule has 0 aliphatic heterocycles. The normalized spacial score (nSPS) is 13.0. The van der Waals surface area contributed by atoms with Gasteiger partial charge in [-0.1, -0.05) is 15.9 Å². The molecular weight excluding hydrogens is 480 g/mol. The number of rotatable bonds is 6. The Kier molecular flexibility index (Phi) is 6.09. The summed E-state index contributed by atoms with van der Waals surface area (Å²) in [6, 6.07) is 11.5. The van der Waals surface area contributed by atoms with Gasteiger partial charge >= 0.3 is 0 Å². The predicted octanol–water partition coefficient (Wildman–Crippen LogP) is 4.56. The first-order chi connectivity index (χ1) is 16.1. The monoisotopic (exact) mass is 504 g/mol. The van der Waals surface area contributed by atoms with E-state index < -0.39 is 0 Å². The van der Waals surface area contributed by atoms with Crippen LogP contribution in [0.2, 0.25) is 0 Å². The van der Waals surface area contributed by atoms with E-state index in [-0.39, 0.29) is 5.56 Å². The van der Waals surface area contributed by atoms with E-state index >= 15 is 0 Å². The highest BCUT2D eigenvalue weighted by molar-refractivity contribution is 9.10. The van der Waals surface area contributed by atoms with Crippen molar-refractivity contribution in [1.82, 2.24) is 19.5 Å². The number of halogens is 1. The lowest BCUT2D eigenvalue weighted by Crippen LogP contribution is -2.24. The molecule has 0 amide bonds. The number of hydrogen-bond donors (Lipinski definition) is 2. The summed E-state index contributed by atoms with van der Waals surface area (Å²) in [6.45, 7) is 1.31. The van der Waals surface area contributed by atoms with Gasteiger partial charge in [-0.2, -0.15) is 0 Å². The van der Waals surface area contributed by atoms with Gasteiger partial charge in [-0.25, -0.2) is 4.98 Å². The largest absolute Gasteiger partial charge is 0.382 e. The quantitative estimate of drug-likeness (QED) is 0.374. The number of nitrogens with one attached hydrogen (secondary N) is 2. The van der Waals surface area contributed by atoms with Gasteiger partial charge in [0.25, 0.3) is 5.56 Å². The molecule has 33 heavy (non-hydrogen) atoms. The number of anilines is 2. The Bertz CT molecular complexity index is 1370. The smallest absolute Gasteiger partial charge is 0.255 e. The fourth-order valence-electron chi connectivity index (χ4n) is 4.33. The highest BCUT2D eigenvalue weighted by Crippen LogP contribution is 2.34. The number of aromatic nitrogens is 4. The van der Waals surface area contributed by atoms with E-state index in [0.717, 1.165) is 33.8 Å². The summed E-state index contributed by atoms with van der Waals surface area (Å²) in [5.41, 5.74) is 6.12. The lowest BCUT2D eigenvalue weighted by molar-refractivity contribution is 0.672. The molecule has 0 atom stereocenters. The van der Waals surface area contributed by atoms with E-state index in [0.29, 0.717) is 24.7 Å². The van der Waals surface area contributed by atoms with E-state index in [1.54, 1.807) is 25.5 Å². The summed E-state index contributed by atoms with van der Waals surface area (Å²) < 4.78 is 2.57. The van der Waals surface area contributed by atoms with Crippen LogP contribution in [0.4, 0.5) is 11.6 Å². The maximum absolute atomic E-state index is 12.5. The Morgan fingerprint density at radius 2 is 1.79 bits per heavy atom. The van der Waals surface area contributed by atoms with Gasteiger partial charge in [-0.3, -0.25) is 19.3 Å². The zero-order valence-electron chi connectivity index (χ0n) is 18.4. The molecule has 3 heterocycles. The predicted molar refractivity (Wildman–Crippen MR) is 136 cm³/mol. The topological polar surface area (TPSA) is 84.7 Å². The van der Waals surface area contributed by atoms with E-state index in [1.165, 1.54) is 34.4 Å². The van der Waals surface area contributed by atoms with Crippen LogP contribution in [0.15, 0.2) is 58.1 Å². The van der Waals surface area contributed by atoms with E-state index in [1.807, 2.05) is 12.1 Å². The van der Waals surface area contributed by atoms with Crippen LogP contribution in [-0.4, -0.2) is 32.6 Å². The lowest BCUT2D eigenvalue weighted by Gasteiger charge is -2.22. The molecule has 5 rings (SSSR count). The molecule has 4 aromatic rings. The SMILES string of the molecule is Cn1c(NCCNc2c3c(nc4cc(Br)ccc24)CCCC3)nc(-c2ccncc2)cc1=O. The average Bonchev–Trinajstić information content (AvgIpc) is 2.83. The van der Waals surface area contributed by atoms with Crippen molar-refractivity contribution in [3.8, 4) is 11.3 Å². The molecule has 1 aliphatic carbocycles. The highest BCUT2D eigenvalue weighted by atomic mass is 79.9. The number of pyridine rings is 2. The van der Waals surface area contributed by atoms with Gasteiger partial charge < -0.3 is 10.6 Å². The molecule has 1 aromatic carbocycles. The van der Waals surface area contributed by atoms with E-state index in [4.69, 9.17) is 4.98 Å². The number of hydrogen-bond acceptors (Lipinski definition) is 6. The van der Waals surface area contributed by atoms with Crippen LogP contribution < -0.4 is 16.2 Å². The molecule has 2 N–H and O–H groups in total. The molecular formula is C25H25BrN6O. The van der Waals surface area contributed by atoms with Gasteiger partial charge in [0, 0.05) is 65.4 Å². The molecule has 0 bridgehead atoms. The third-order valence-corrected chi connectivity index (χ3v) is 6.54. The van der Waals surface area contributed by atoms with Crippen molar-refractivity contribution in [2.24, 2.45) is 7.05 Å². The number of nitrogens with zero attached hydrogens (tertiary/aromatic N) is 4. The highest BCUT2D eigenvalue weighted by Gasteiger charge is 2.18. The standard InChI is InChI=1S/C25H25BrN6O/c1-32-23(33)15-21(16-8-10-27-11-9-16)31-25(32)29-13-12-28-24-18-4-2-3-5-20(18)30-22-14-17(26)6-7-19(22)24/h6-11,14-15H,2-5,12-13H2,1H3,(H,28,30)(H,29,31). The first-order valence-corrected chi connectivity index (χ1v) is 12.0. The van der Waals surface area contributed by atoms with Crippen molar-refractivity contribution in [3.63, 3.8) is 0 Å².